The van der Waals surface area contributed by atoms with Crippen LogP contribution in [0.3, 0.4) is 0 Å². The molecule has 0 unspecified atom stereocenters. The lowest BCUT2D eigenvalue weighted by atomic mass is 10.3. The first-order valence-corrected chi connectivity index (χ1v) is 7.56. The molecule has 0 saturated heterocycles. The third-order valence-electron chi connectivity index (χ3n) is 3.53. The molecule has 0 spiro atoms. The van der Waals surface area contributed by atoms with E-state index >= 15 is 0 Å². The summed E-state index contributed by atoms with van der Waals surface area (Å²) in [7, 11) is 1.62. The fraction of sp³-hybridized carbons (Fsp3) is 0.167. The van der Waals surface area contributed by atoms with Gasteiger partial charge in [0.15, 0.2) is 5.69 Å². The number of hydrogen-bond donors (Lipinski definition) is 1. The van der Waals surface area contributed by atoms with Crippen molar-refractivity contribution in [2.75, 3.05) is 7.11 Å². The van der Waals surface area contributed by atoms with Gasteiger partial charge in [0, 0.05) is 11.9 Å². The second kappa shape index (κ2) is 6.95. The Morgan fingerprint density at radius 1 is 1.17 bits per heavy atom. The summed E-state index contributed by atoms with van der Waals surface area (Å²) in [6.07, 6.45) is 1.75. The molecular weight excluding hydrogens is 304 g/mol. The number of nitrogens with one attached hydrogen (secondary N) is 1. The number of carbonyl (C=O) groups excluding carboxylic acids is 1. The van der Waals surface area contributed by atoms with E-state index < -0.39 is 0 Å². The number of amides is 1. The van der Waals surface area contributed by atoms with E-state index in [1.807, 2.05) is 49.4 Å². The Morgan fingerprint density at radius 3 is 2.67 bits per heavy atom. The first kappa shape index (κ1) is 15.7. The molecule has 3 aromatic rings. The highest BCUT2D eigenvalue weighted by molar-refractivity contribution is 5.92. The number of pyridine rings is 1. The van der Waals surface area contributed by atoms with Crippen molar-refractivity contribution in [2.45, 2.75) is 13.5 Å². The Bertz CT molecular complexity index is 840. The molecule has 0 atom stereocenters. The molecule has 1 aromatic carbocycles. The van der Waals surface area contributed by atoms with E-state index in [-0.39, 0.29) is 5.91 Å². The molecular formula is C18H18N4O2. The van der Waals surface area contributed by atoms with Crippen LogP contribution in [0.2, 0.25) is 0 Å². The van der Waals surface area contributed by atoms with Crippen molar-refractivity contribution < 1.29 is 9.53 Å². The minimum absolute atomic E-state index is 0.231. The molecule has 6 heteroatoms. The lowest BCUT2D eigenvalue weighted by Crippen LogP contribution is -2.24. The summed E-state index contributed by atoms with van der Waals surface area (Å²) in [5.74, 6) is 0.542. The van der Waals surface area contributed by atoms with Crippen LogP contribution in [0.4, 0.5) is 0 Å². The van der Waals surface area contributed by atoms with Crippen LogP contribution in [0.1, 0.15) is 21.9 Å². The monoisotopic (exact) mass is 322 g/mol. The van der Waals surface area contributed by atoms with Gasteiger partial charge in [-0.25, -0.2) is 4.68 Å². The Hall–Kier alpha value is -3.15. The SMILES string of the molecule is COc1ccc(-n2ccc(C(=O)NCc3cccc(C)n3)n2)cc1. The molecule has 3 rings (SSSR count). The standard InChI is InChI=1S/C18H18N4O2/c1-13-4-3-5-14(20-13)12-19-18(23)17-10-11-22(21-17)15-6-8-16(24-2)9-7-15/h3-11H,12H2,1-2H3,(H,19,23). The molecule has 0 aliphatic heterocycles. The van der Waals surface area contributed by atoms with Crippen molar-refractivity contribution in [3.63, 3.8) is 0 Å². The summed E-state index contributed by atoms with van der Waals surface area (Å²) < 4.78 is 6.78. The zero-order chi connectivity index (χ0) is 16.9. The van der Waals surface area contributed by atoms with E-state index in [0.717, 1.165) is 22.8 Å². The second-order valence-corrected chi connectivity index (χ2v) is 5.30. The van der Waals surface area contributed by atoms with Gasteiger partial charge in [-0.3, -0.25) is 9.78 Å². The highest BCUT2D eigenvalue weighted by Gasteiger charge is 2.10. The van der Waals surface area contributed by atoms with Crippen LogP contribution in [-0.4, -0.2) is 27.8 Å². The van der Waals surface area contributed by atoms with Crippen LogP contribution in [0.5, 0.6) is 5.75 Å². The number of aromatic nitrogens is 3. The van der Waals surface area contributed by atoms with Crippen molar-refractivity contribution in [3.05, 3.63) is 71.8 Å². The number of benzene rings is 1. The summed E-state index contributed by atoms with van der Waals surface area (Å²) in [5.41, 5.74) is 2.96. The molecule has 24 heavy (non-hydrogen) atoms. The van der Waals surface area contributed by atoms with Crippen LogP contribution >= 0.6 is 0 Å². The minimum atomic E-state index is -0.231. The van der Waals surface area contributed by atoms with Crippen LogP contribution in [-0.2, 0) is 6.54 Å². The lowest BCUT2D eigenvalue weighted by molar-refractivity contribution is 0.0945. The Balaban J connectivity index is 1.66. The highest BCUT2D eigenvalue weighted by atomic mass is 16.5. The summed E-state index contributed by atoms with van der Waals surface area (Å²) in [6, 6.07) is 14.9. The Morgan fingerprint density at radius 2 is 1.96 bits per heavy atom. The quantitative estimate of drug-likeness (QED) is 0.783. The molecule has 0 saturated carbocycles. The molecule has 0 aliphatic rings. The molecule has 1 amide bonds. The van der Waals surface area contributed by atoms with Gasteiger partial charge in [-0.1, -0.05) is 6.07 Å². The van der Waals surface area contributed by atoms with Crippen LogP contribution in [0, 0.1) is 6.92 Å². The number of hydrogen-bond acceptors (Lipinski definition) is 4. The third-order valence-corrected chi connectivity index (χ3v) is 3.53. The normalized spacial score (nSPS) is 10.4. The smallest absolute Gasteiger partial charge is 0.272 e. The van der Waals surface area contributed by atoms with Crippen LogP contribution in [0.25, 0.3) is 5.69 Å². The van der Waals surface area contributed by atoms with E-state index in [4.69, 9.17) is 4.74 Å². The van der Waals surface area contributed by atoms with Crippen molar-refractivity contribution in [1.29, 1.82) is 0 Å². The predicted molar refractivity (Wildman–Crippen MR) is 90.3 cm³/mol. The third kappa shape index (κ3) is 3.60. The zero-order valence-corrected chi connectivity index (χ0v) is 13.6. The van der Waals surface area contributed by atoms with Gasteiger partial charge < -0.3 is 10.1 Å². The fourth-order valence-electron chi connectivity index (χ4n) is 2.28. The molecule has 0 radical (unpaired) electrons. The summed E-state index contributed by atoms with van der Waals surface area (Å²) in [4.78, 5) is 16.6. The van der Waals surface area contributed by atoms with Gasteiger partial charge in [0.1, 0.15) is 5.75 Å². The maximum atomic E-state index is 12.2. The maximum Gasteiger partial charge on any atom is 0.272 e. The number of carbonyl (C=O) groups is 1. The van der Waals surface area contributed by atoms with E-state index in [0.29, 0.717) is 12.2 Å². The molecule has 0 aliphatic carbocycles. The number of ether oxygens (including phenoxy) is 1. The molecule has 2 heterocycles. The fourth-order valence-corrected chi connectivity index (χ4v) is 2.28. The van der Waals surface area contributed by atoms with Crippen molar-refractivity contribution in [2.24, 2.45) is 0 Å². The van der Waals surface area contributed by atoms with Gasteiger partial charge in [-0.15, -0.1) is 0 Å². The van der Waals surface area contributed by atoms with Gasteiger partial charge >= 0.3 is 0 Å². The summed E-state index contributed by atoms with van der Waals surface area (Å²) in [6.45, 7) is 2.29. The molecule has 0 bridgehead atoms. The average Bonchev–Trinajstić information content (AvgIpc) is 3.10. The largest absolute Gasteiger partial charge is 0.497 e. The topological polar surface area (TPSA) is 69.0 Å². The second-order valence-electron chi connectivity index (χ2n) is 5.30. The number of aryl methyl sites for hydroxylation is 1. The van der Waals surface area contributed by atoms with Gasteiger partial charge in [0.2, 0.25) is 0 Å². The van der Waals surface area contributed by atoms with Gasteiger partial charge in [0.05, 0.1) is 25.0 Å². The van der Waals surface area contributed by atoms with E-state index in [9.17, 15) is 4.79 Å². The van der Waals surface area contributed by atoms with Crippen LogP contribution in [0.15, 0.2) is 54.7 Å². The van der Waals surface area contributed by atoms with Crippen LogP contribution < -0.4 is 10.1 Å². The van der Waals surface area contributed by atoms with Crippen molar-refractivity contribution in [3.8, 4) is 11.4 Å². The average molecular weight is 322 g/mol. The van der Waals surface area contributed by atoms with E-state index in [2.05, 4.69) is 15.4 Å². The molecule has 122 valence electrons. The van der Waals surface area contributed by atoms with Gasteiger partial charge in [-0.2, -0.15) is 5.10 Å². The summed E-state index contributed by atoms with van der Waals surface area (Å²) >= 11 is 0. The lowest BCUT2D eigenvalue weighted by Gasteiger charge is -2.04. The zero-order valence-electron chi connectivity index (χ0n) is 13.6. The van der Waals surface area contributed by atoms with Crippen molar-refractivity contribution >= 4 is 5.91 Å². The number of nitrogens with zero attached hydrogens (tertiary/aromatic N) is 3. The molecule has 0 fully saturated rings. The van der Waals surface area contributed by atoms with E-state index in [1.165, 1.54) is 0 Å². The molecule has 1 N–H and O–H groups in total. The van der Waals surface area contributed by atoms with Gasteiger partial charge in [0.25, 0.3) is 5.91 Å². The first-order chi connectivity index (χ1) is 11.7. The molecule has 2 aromatic heterocycles. The number of methoxy groups -OCH3 is 1. The maximum absolute atomic E-state index is 12.2. The minimum Gasteiger partial charge on any atom is -0.497 e. The molecule has 6 nitrogen and oxygen atoms in total. The predicted octanol–water partition coefficient (Wildman–Crippen LogP) is 2.51. The van der Waals surface area contributed by atoms with E-state index in [1.54, 1.807) is 24.1 Å². The highest BCUT2D eigenvalue weighted by Crippen LogP contribution is 2.14. The number of rotatable bonds is 5. The Labute approximate surface area is 140 Å². The Kier molecular flexibility index (Phi) is 4.56. The first-order valence-electron chi connectivity index (χ1n) is 7.56. The van der Waals surface area contributed by atoms with Gasteiger partial charge in [-0.05, 0) is 49.4 Å². The van der Waals surface area contributed by atoms with Crippen molar-refractivity contribution in [1.82, 2.24) is 20.1 Å². The summed E-state index contributed by atoms with van der Waals surface area (Å²) in [5, 5.41) is 7.14.